The number of rotatable bonds is 5. The van der Waals surface area contributed by atoms with E-state index in [1.54, 1.807) is 0 Å². The van der Waals surface area contributed by atoms with Crippen molar-refractivity contribution in [1.82, 2.24) is 14.9 Å². The monoisotopic (exact) mass is 359 g/mol. The van der Waals surface area contributed by atoms with Crippen LogP contribution in [-0.2, 0) is 6.42 Å². The van der Waals surface area contributed by atoms with Crippen LogP contribution in [0, 0.1) is 11.8 Å². The Morgan fingerprint density at radius 1 is 1.20 bits per heavy atom. The first-order chi connectivity index (χ1) is 11.9. The third kappa shape index (κ3) is 4.61. The molecule has 1 aromatic heterocycles. The zero-order valence-corrected chi connectivity index (χ0v) is 15.9. The van der Waals surface area contributed by atoms with Crippen LogP contribution in [0.3, 0.4) is 0 Å². The molecule has 1 saturated heterocycles. The topological polar surface area (TPSA) is 58.3 Å². The van der Waals surface area contributed by atoms with Crippen molar-refractivity contribution in [2.24, 2.45) is 11.8 Å². The zero-order chi connectivity index (χ0) is 18.0. The second-order valence-electron chi connectivity index (χ2n) is 7.28. The summed E-state index contributed by atoms with van der Waals surface area (Å²) < 4.78 is 0. The van der Waals surface area contributed by atoms with Crippen LogP contribution in [0.15, 0.2) is 30.3 Å². The quantitative estimate of drug-likeness (QED) is 0.889. The summed E-state index contributed by atoms with van der Waals surface area (Å²) in [5.41, 5.74) is 8.08. The van der Waals surface area contributed by atoms with Crippen molar-refractivity contribution in [2.45, 2.75) is 13.3 Å². The second-order valence-corrected chi connectivity index (χ2v) is 7.72. The number of halogens is 1. The first-order valence-corrected chi connectivity index (χ1v) is 9.06. The zero-order valence-electron chi connectivity index (χ0n) is 15.1. The predicted octanol–water partition coefficient (Wildman–Crippen LogP) is 2.94. The van der Waals surface area contributed by atoms with Crippen molar-refractivity contribution in [1.29, 1.82) is 0 Å². The number of benzene rings is 1. The number of hydrogen-bond donors (Lipinski definition) is 1. The van der Waals surface area contributed by atoms with Gasteiger partial charge in [-0.15, -0.1) is 0 Å². The van der Waals surface area contributed by atoms with Crippen LogP contribution < -0.4 is 10.6 Å². The van der Waals surface area contributed by atoms with Crippen molar-refractivity contribution in [3.8, 4) is 0 Å². The molecule has 1 aliphatic rings. The molecule has 0 bridgehead atoms. The Morgan fingerprint density at radius 2 is 1.92 bits per heavy atom. The van der Waals surface area contributed by atoms with E-state index in [0.29, 0.717) is 17.8 Å². The van der Waals surface area contributed by atoms with Crippen molar-refractivity contribution >= 4 is 23.4 Å². The molecule has 1 aromatic carbocycles. The third-order valence-corrected chi connectivity index (χ3v) is 5.03. The van der Waals surface area contributed by atoms with Gasteiger partial charge in [-0.05, 0) is 43.6 Å². The Kier molecular flexibility index (Phi) is 5.45. The van der Waals surface area contributed by atoms with Gasteiger partial charge in [-0.3, -0.25) is 0 Å². The smallest absolute Gasteiger partial charge is 0.222 e. The summed E-state index contributed by atoms with van der Waals surface area (Å²) >= 11 is 5.96. The van der Waals surface area contributed by atoms with Crippen LogP contribution >= 0.6 is 11.6 Å². The lowest BCUT2D eigenvalue weighted by Gasteiger charge is -2.20. The van der Waals surface area contributed by atoms with Gasteiger partial charge in [-0.25, -0.2) is 4.98 Å². The molecule has 0 amide bonds. The standard InChI is InChI=1S/C19H26ClN5/c1-13-10-25(12-15(13)11-24(2)3)18-9-17(22-19(21)23-18)8-14-4-6-16(20)7-5-14/h4-7,9,13,15H,8,10-12H2,1-3H3,(H2,21,22,23). The van der Waals surface area contributed by atoms with Gasteiger partial charge in [0.1, 0.15) is 5.82 Å². The van der Waals surface area contributed by atoms with Crippen LogP contribution in [0.25, 0.3) is 0 Å². The van der Waals surface area contributed by atoms with E-state index in [0.717, 1.165) is 48.2 Å². The molecule has 0 aliphatic carbocycles. The van der Waals surface area contributed by atoms with E-state index in [-0.39, 0.29) is 0 Å². The molecule has 2 heterocycles. The van der Waals surface area contributed by atoms with Gasteiger partial charge in [0, 0.05) is 37.1 Å². The molecule has 5 nitrogen and oxygen atoms in total. The number of nitrogens with zero attached hydrogens (tertiary/aromatic N) is 4. The molecular formula is C19H26ClN5. The van der Waals surface area contributed by atoms with Crippen LogP contribution in [0.5, 0.6) is 0 Å². The van der Waals surface area contributed by atoms with Gasteiger partial charge < -0.3 is 15.5 Å². The van der Waals surface area contributed by atoms with E-state index in [1.807, 2.05) is 24.3 Å². The van der Waals surface area contributed by atoms with Crippen molar-refractivity contribution in [3.05, 3.63) is 46.6 Å². The van der Waals surface area contributed by atoms with Gasteiger partial charge in [-0.1, -0.05) is 30.7 Å². The first-order valence-electron chi connectivity index (χ1n) is 8.68. The summed E-state index contributed by atoms with van der Waals surface area (Å²) in [6, 6.07) is 9.90. The predicted molar refractivity (Wildman–Crippen MR) is 104 cm³/mol. The number of anilines is 2. The fourth-order valence-electron chi connectivity index (χ4n) is 3.50. The first kappa shape index (κ1) is 18.0. The molecule has 0 radical (unpaired) electrons. The molecule has 2 N–H and O–H groups in total. The highest BCUT2D eigenvalue weighted by atomic mass is 35.5. The van der Waals surface area contributed by atoms with Crippen LogP contribution in [0.1, 0.15) is 18.2 Å². The van der Waals surface area contributed by atoms with Gasteiger partial charge in [0.2, 0.25) is 5.95 Å². The normalized spacial score (nSPS) is 20.4. The fourth-order valence-corrected chi connectivity index (χ4v) is 3.62. The number of hydrogen-bond acceptors (Lipinski definition) is 5. The molecule has 134 valence electrons. The van der Waals surface area contributed by atoms with Gasteiger partial charge in [0.25, 0.3) is 0 Å². The summed E-state index contributed by atoms with van der Waals surface area (Å²) in [4.78, 5) is 13.5. The van der Waals surface area contributed by atoms with E-state index in [2.05, 4.69) is 46.9 Å². The van der Waals surface area contributed by atoms with Crippen LogP contribution in [0.4, 0.5) is 11.8 Å². The van der Waals surface area contributed by atoms with E-state index in [4.69, 9.17) is 17.3 Å². The molecule has 0 spiro atoms. The van der Waals surface area contributed by atoms with Crippen molar-refractivity contribution < 1.29 is 0 Å². The average molecular weight is 360 g/mol. The molecule has 2 unspecified atom stereocenters. The van der Waals surface area contributed by atoms with Gasteiger partial charge in [0.15, 0.2) is 0 Å². The molecule has 1 aliphatic heterocycles. The van der Waals surface area contributed by atoms with E-state index in [1.165, 1.54) is 0 Å². The molecule has 1 fully saturated rings. The minimum Gasteiger partial charge on any atom is -0.368 e. The Hall–Kier alpha value is -1.85. The maximum Gasteiger partial charge on any atom is 0.222 e. The van der Waals surface area contributed by atoms with E-state index >= 15 is 0 Å². The summed E-state index contributed by atoms with van der Waals surface area (Å²) in [6.07, 6.45) is 0.724. The van der Waals surface area contributed by atoms with Crippen LogP contribution in [0.2, 0.25) is 5.02 Å². The minimum absolute atomic E-state index is 0.338. The van der Waals surface area contributed by atoms with Gasteiger partial charge >= 0.3 is 0 Å². The fraction of sp³-hybridized carbons (Fsp3) is 0.474. The summed E-state index contributed by atoms with van der Waals surface area (Å²) in [6.45, 7) is 5.43. The third-order valence-electron chi connectivity index (χ3n) is 4.77. The Morgan fingerprint density at radius 3 is 2.60 bits per heavy atom. The summed E-state index contributed by atoms with van der Waals surface area (Å²) in [5.74, 6) is 2.55. The number of nitrogens with two attached hydrogens (primary N) is 1. The van der Waals surface area contributed by atoms with E-state index in [9.17, 15) is 0 Å². The highest BCUT2D eigenvalue weighted by molar-refractivity contribution is 6.30. The summed E-state index contributed by atoms with van der Waals surface area (Å²) in [7, 11) is 4.25. The Balaban J connectivity index is 1.76. The van der Waals surface area contributed by atoms with Gasteiger partial charge in [-0.2, -0.15) is 4.98 Å². The highest BCUT2D eigenvalue weighted by Gasteiger charge is 2.30. The van der Waals surface area contributed by atoms with Crippen molar-refractivity contribution in [2.75, 3.05) is 44.4 Å². The molecule has 0 saturated carbocycles. The molecule has 6 heteroatoms. The lowest BCUT2D eigenvalue weighted by atomic mass is 9.98. The lowest BCUT2D eigenvalue weighted by Crippen LogP contribution is -2.27. The molecule has 2 aromatic rings. The van der Waals surface area contributed by atoms with Crippen molar-refractivity contribution in [3.63, 3.8) is 0 Å². The van der Waals surface area contributed by atoms with Crippen LogP contribution in [-0.4, -0.2) is 48.6 Å². The Labute approximate surface area is 154 Å². The largest absolute Gasteiger partial charge is 0.368 e. The average Bonchev–Trinajstić information content (AvgIpc) is 2.89. The number of aromatic nitrogens is 2. The number of nitrogen functional groups attached to an aromatic ring is 1. The summed E-state index contributed by atoms with van der Waals surface area (Å²) in [5, 5.41) is 0.740. The van der Waals surface area contributed by atoms with E-state index < -0.39 is 0 Å². The SMILES string of the molecule is CC1CN(c2cc(Cc3ccc(Cl)cc3)nc(N)n2)CC1CN(C)C. The highest BCUT2D eigenvalue weighted by Crippen LogP contribution is 2.28. The molecule has 3 rings (SSSR count). The molecule has 25 heavy (non-hydrogen) atoms. The van der Waals surface area contributed by atoms with Gasteiger partial charge in [0.05, 0.1) is 5.69 Å². The Bertz CT molecular complexity index is 716. The second kappa shape index (κ2) is 7.58. The molecule has 2 atom stereocenters. The lowest BCUT2D eigenvalue weighted by molar-refractivity contribution is 0.301. The maximum atomic E-state index is 5.98. The maximum absolute atomic E-state index is 5.98. The minimum atomic E-state index is 0.338. The molecular weight excluding hydrogens is 334 g/mol.